The summed E-state index contributed by atoms with van der Waals surface area (Å²) in [6, 6.07) is 8.78. The molecule has 1 aliphatic rings. The van der Waals surface area contributed by atoms with Gasteiger partial charge in [-0.2, -0.15) is 0 Å². The number of hydrogen-bond acceptors (Lipinski definition) is 1. The minimum absolute atomic E-state index is 0.439. The molecule has 1 nitrogen and oxygen atoms in total. The summed E-state index contributed by atoms with van der Waals surface area (Å²) in [5.74, 6) is 0.827. The molecule has 0 saturated heterocycles. The van der Waals surface area contributed by atoms with Crippen molar-refractivity contribution in [3.63, 3.8) is 0 Å². The molecule has 1 heteroatoms. The Kier molecular flexibility index (Phi) is 2.36. The quantitative estimate of drug-likeness (QED) is 0.770. The minimum atomic E-state index is 0.439. The van der Waals surface area contributed by atoms with E-state index in [1.54, 1.807) is 5.56 Å². The fourth-order valence-corrected chi connectivity index (χ4v) is 2.54. The van der Waals surface area contributed by atoms with Crippen LogP contribution in [0.4, 0.5) is 0 Å². The second kappa shape index (κ2) is 3.39. The van der Waals surface area contributed by atoms with Crippen molar-refractivity contribution in [1.29, 1.82) is 0 Å². The summed E-state index contributed by atoms with van der Waals surface area (Å²) in [6.07, 6.45) is 1.33. The van der Waals surface area contributed by atoms with Crippen LogP contribution in [0.3, 0.4) is 0 Å². The highest BCUT2D eigenvalue weighted by molar-refractivity contribution is 5.38. The summed E-state index contributed by atoms with van der Waals surface area (Å²) in [5.41, 5.74) is 3.42. The van der Waals surface area contributed by atoms with E-state index in [0.717, 1.165) is 12.5 Å². The van der Waals surface area contributed by atoms with Crippen molar-refractivity contribution in [2.75, 3.05) is 13.6 Å². The van der Waals surface area contributed by atoms with Crippen LogP contribution in [-0.4, -0.2) is 13.6 Å². The van der Waals surface area contributed by atoms with E-state index in [2.05, 4.69) is 43.4 Å². The topological polar surface area (TPSA) is 12.0 Å². The summed E-state index contributed by atoms with van der Waals surface area (Å²) in [7, 11) is 2.04. The normalized spacial score (nSPS) is 30.4. The zero-order valence-electron chi connectivity index (χ0n) is 9.30. The van der Waals surface area contributed by atoms with Crippen LogP contribution in [0, 0.1) is 12.8 Å². The summed E-state index contributed by atoms with van der Waals surface area (Å²) >= 11 is 0. The van der Waals surface area contributed by atoms with Crippen LogP contribution in [0.1, 0.15) is 24.5 Å². The van der Waals surface area contributed by atoms with Gasteiger partial charge in [0.1, 0.15) is 0 Å². The van der Waals surface area contributed by atoms with Crippen LogP contribution in [0.5, 0.6) is 0 Å². The second-order valence-corrected chi connectivity index (χ2v) is 4.69. The molecule has 2 rings (SSSR count). The Bertz CT molecular complexity index is 332. The number of rotatable bonds is 3. The van der Waals surface area contributed by atoms with Crippen LogP contribution >= 0.6 is 0 Å². The maximum Gasteiger partial charge on any atom is -0.00148 e. The van der Waals surface area contributed by atoms with Crippen molar-refractivity contribution in [3.05, 3.63) is 35.4 Å². The van der Waals surface area contributed by atoms with E-state index in [1.165, 1.54) is 12.0 Å². The molecular formula is C13H19N. The Morgan fingerprint density at radius 2 is 2.14 bits per heavy atom. The first-order valence-corrected chi connectivity index (χ1v) is 5.39. The molecule has 1 fully saturated rings. The summed E-state index contributed by atoms with van der Waals surface area (Å²) < 4.78 is 0. The molecule has 1 aromatic carbocycles. The van der Waals surface area contributed by atoms with Gasteiger partial charge in [-0.15, -0.1) is 0 Å². The molecule has 1 N–H and O–H groups in total. The molecular weight excluding hydrogens is 170 g/mol. The van der Waals surface area contributed by atoms with E-state index < -0.39 is 0 Å². The molecule has 1 aromatic rings. The first-order valence-electron chi connectivity index (χ1n) is 5.39. The Labute approximate surface area is 86.5 Å². The predicted octanol–water partition coefficient (Wildman–Crippen LogP) is 2.49. The lowest BCUT2D eigenvalue weighted by Gasteiger charge is -2.14. The number of aryl methyl sites for hydroxylation is 1. The van der Waals surface area contributed by atoms with E-state index in [-0.39, 0.29) is 0 Å². The van der Waals surface area contributed by atoms with Crippen molar-refractivity contribution >= 4 is 0 Å². The molecule has 0 bridgehead atoms. The lowest BCUT2D eigenvalue weighted by molar-refractivity contribution is 0.615. The summed E-state index contributed by atoms with van der Waals surface area (Å²) in [6.45, 7) is 5.75. The number of nitrogens with one attached hydrogen (secondary N) is 1. The van der Waals surface area contributed by atoms with Crippen molar-refractivity contribution in [3.8, 4) is 0 Å². The summed E-state index contributed by atoms with van der Waals surface area (Å²) in [5, 5.41) is 3.27. The second-order valence-electron chi connectivity index (χ2n) is 4.69. The molecule has 76 valence electrons. The molecule has 0 radical (unpaired) electrons. The average molecular weight is 189 g/mol. The highest BCUT2D eigenvalue weighted by Crippen LogP contribution is 2.54. The van der Waals surface area contributed by atoms with Gasteiger partial charge in [0.15, 0.2) is 0 Å². The largest absolute Gasteiger partial charge is 0.319 e. The third-order valence-electron chi connectivity index (χ3n) is 3.62. The smallest absolute Gasteiger partial charge is 0.00148 e. The van der Waals surface area contributed by atoms with Gasteiger partial charge < -0.3 is 5.32 Å². The monoisotopic (exact) mass is 189 g/mol. The zero-order chi connectivity index (χ0) is 10.2. The number of hydrogen-bond donors (Lipinski definition) is 1. The van der Waals surface area contributed by atoms with E-state index in [4.69, 9.17) is 0 Å². The molecule has 14 heavy (non-hydrogen) atoms. The van der Waals surface area contributed by atoms with Gasteiger partial charge in [-0.3, -0.25) is 0 Å². The van der Waals surface area contributed by atoms with Gasteiger partial charge in [-0.05, 0) is 49.4 Å². The Balaban J connectivity index is 2.21. The Morgan fingerprint density at radius 3 is 2.79 bits per heavy atom. The van der Waals surface area contributed by atoms with Gasteiger partial charge in [0, 0.05) is 0 Å². The number of benzene rings is 1. The average Bonchev–Trinajstić information content (AvgIpc) is 2.79. The lowest BCUT2D eigenvalue weighted by Crippen LogP contribution is -2.16. The first-order chi connectivity index (χ1) is 6.68. The van der Waals surface area contributed by atoms with E-state index in [9.17, 15) is 0 Å². The van der Waals surface area contributed by atoms with E-state index >= 15 is 0 Å². The standard InChI is InChI=1S/C13H19N/c1-10-6-4-5-7-12(10)13(2)8-11(13)9-14-3/h4-7,11,14H,8-9H2,1-3H3/t11-,13-/m0/s1. The first kappa shape index (κ1) is 9.72. The van der Waals surface area contributed by atoms with Crippen molar-refractivity contribution in [2.45, 2.75) is 25.7 Å². The Morgan fingerprint density at radius 1 is 1.43 bits per heavy atom. The third-order valence-corrected chi connectivity index (χ3v) is 3.62. The minimum Gasteiger partial charge on any atom is -0.319 e. The SMILES string of the molecule is CNC[C@@H]1C[C@]1(C)c1ccccc1C. The van der Waals surface area contributed by atoms with Gasteiger partial charge in [0.2, 0.25) is 0 Å². The van der Waals surface area contributed by atoms with Crippen LogP contribution in [0.15, 0.2) is 24.3 Å². The fraction of sp³-hybridized carbons (Fsp3) is 0.538. The van der Waals surface area contributed by atoms with Gasteiger partial charge >= 0.3 is 0 Å². The highest BCUT2D eigenvalue weighted by atomic mass is 14.8. The van der Waals surface area contributed by atoms with Crippen LogP contribution in [0.25, 0.3) is 0 Å². The molecule has 0 spiro atoms. The molecule has 1 saturated carbocycles. The van der Waals surface area contributed by atoms with Crippen LogP contribution in [0.2, 0.25) is 0 Å². The predicted molar refractivity (Wildman–Crippen MR) is 60.6 cm³/mol. The summed E-state index contributed by atoms with van der Waals surface area (Å²) in [4.78, 5) is 0. The fourth-order valence-electron chi connectivity index (χ4n) is 2.54. The molecule has 0 heterocycles. The highest BCUT2D eigenvalue weighted by Gasteiger charge is 2.50. The van der Waals surface area contributed by atoms with E-state index in [0.29, 0.717) is 5.41 Å². The van der Waals surface area contributed by atoms with Crippen LogP contribution < -0.4 is 5.32 Å². The van der Waals surface area contributed by atoms with Gasteiger partial charge in [0.25, 0.3) is 0 Å². The Hall–Kier alpha value is -0.820. The van der Waals surface area contributed by atoms with Crippen LogP contribution in [-0.2, 0) is 5.41 Å². The molecule has 0 aromatic heterocycles. The van der Waals surface area contributed by atoms with Gasteiger partial charge in [0.05, 0.1) is 0 Å². The maximum absolute atomic E-state index is 3.27. The van der Waals surface area contributed by atoms with Gasteiger partial charge in [-0.1, -0.05) is 31.2 Å². The van der Waals surface area contributed by atoms with Crippen molar-refractivity contribution in [1.82, 2.24) is 5.32 Å². The molecule has 0 aliphatic heterocycles. The van der Waals surface area contributed by atoms with Crippen molar-refractivity contribution in [2.24, 2.45) is 5.92 Å². The maximum atomic E-state index is 3.27. The molecule has 1 aliphatic carbocycles. The van der Waals surface area contributed by atoms with Gasteiger partial charge in [-0.25, -0.2) is 0 Å². The zero-order valence-corrected chi connectivity index (χ0v) is 9.30. The molecule has 2 atom stereocenters. The lowest BCUT2D eigenvalue weighted by atomic mass is 9.91. The third kappa shape index (κ3) is 1.46. The van der Waals surface area contributed by atoms with E-state index in [1.807, 2.05) is 7.05 Å². The molecule has 0 unspecified atom stereocenters. The molecule has 0 amide bonds. The van der Waals surface area contributed by atoms with Crippen molar-refractivity contribution < 1.29 is 0 Å².